The first-order valence-electron chi connectivity index (χ1n) is 8.00. The van der Waals surface area contributed by atoms with Crippen molar-refractivity contribution in [3.8, 4) is 0 Å². The quantitative estimate of drug-likeness (QED) is 0.852. The number of rotatable bonds is 4. The number of aromatic nitrogens is 2. The standard InChI is InChI=1S/C16H22N6O2.ClH/c1-12-3-2-4-13(9-12)18-16(23)22-7-5-21(6-8-22)11-14-19-15(10-17)24-20-14;/h2-4,9H,5-8,10-11,17H2,1H3,(H,18,23);1H. The van der Waals surface area contributed by atoms with E-state index in [2.05, 4.69) is 20.4 Å². The van der Waals surface area contributed by atoms with Crippen LogP contribution in [-0.2, 0) is 13.1 Å². The van der Waals surface area contributed by atoms with Gasteiger partial charge in [0.15, 0.2) is 5.82 Å². The molecule has 0 bridgehead atoms. The third kappa shape index (κ3) is 5.15. The van der Waals surface area contributed by atoms with Gasteiger partial charge in [0, 0.05) is 31.9 Å². The van der Waals surface area contributed by atoms with E-state index in [0.29, 0.717) is 31.3 Å². The fraction of sp³-hybridized carbons (Fsp3) is 0.438. The first kappa shape index (κ1) is 19.2. The molecule has 0 aliphatic carbocycles. The molecule has 3 N–H and O–H groups in total. The van der Waals surface area contributed by atoms with E-state index in [1.54, 1.807) is 0 Å². The Morgan fingerprint density at radius 1 is 1.32 bits per heavy atom. The highest BCUT2D eigenvalue weighted by Crippen LogP contribution is 2.12. The summed E-state index contributed by atoms with van der Waals surface area (Å²) in [5, 5.41) is 6.84. The number of piperazine rings is 1. The predicted octanol–water partition coefficient (Wildman–Crippen LogP) is 1.61. The van der Waals surface area contributed by atoms with Crippen LogP contribution in [0.25, 0.3) is 0 Å². The molecule has 136 valence electrons. The maximum Gasteiger partial charge on any atom is 0.321 e. The van der Waals surface area contributed by atoms with Crippen LogP contribution in [0, 0.1) is 6.92 Å². The van der Waals surface area contributed by atoms with Crippen molar-refractivity contribution in [1.82, 2.24) is 19.9 Å². The number of hydrogen-bond donors (Lipinski definition) is 2. The number of amides is 2. The summed E-state index contributed by atoms with van der Waals surface area (Å²) in [5.74, 6) is 1.08. The number of anilines is 1. The third-order valence-corrected chi connectivity index (χ3v) is 3.98. The van der Waals surface area contributed by atoms with E-state index < -0.39 is 0 Å². The summed E-state index contributed by atoms with van der Waals surface area (Å²) in [6.07, 6.45) is 0. The van der Waals surface area contributed by atoms with E-state index in [9.17, 15) is 4.79 Å². The molecule has 2 amide bonds. The molecule has 0 unspecified atom stereocenters. The number of halogens is 1. The van der Waals surface area contributed by atoms with Gasteiger partial charge < -0.3 is 20.5 Å². The highest BCUT2D eigenvalue weighted by atomic mass is 35.5. The van der Waals surface area contributed by atoms with E-state index in [1.807, 2.05) is 36.1 Å². The lowest BCUT2D eigenvalue weighted by atomic mass is 10.2. The van der Waals surface area contributed by atoms with Crippen LogP contribution in [0.3, 0.4) is 0 Å². The molecule has 2 aromatic rings. The molecule has 25 heavy (non-hydrogen) atoms. The number of benzene rings is 1. The molecule has 2 heterocycles. The Labute approximate surface area is 152 Å². The molecule has 1 aromatic heterocycles. The molecule has 0 atom stereocenters. The number of carbonyl (C=O) groups is 1. The lowest BCUT2D eigenvalue weighted by molar-refractivity contribution is 0.140. The summed E-state index contributed by atoms with van der Waals surface area (Å²) in [4.78, 5) is 20.5. The van der Waals surface area contributed by atoms with Gasteiger partial charge in [0.1, 0.15) is 0 Å². The zero-order chi connectivity index (χ0) is 16.9. The van der Waals surface area contributed by atoms with Gasteiger partial charge in [-0.15, -0.1) is 12.4 Å². The number of nitrogens with zero attached hydrogens (tertiary/aromatic N) is 4. The minimum atomic E-state index is -0.0646. The predicted molar refractivity (Wildman–Crippen MR) is 96.5 cm³/mol. The highest BCUT2D eigenvalue weighted by molar-refractivity contribution is 5.89. The fourth-order valence-electron chi connectivity index (χ4n) is 2.67. The molecule has 0 radical (unpaired) electrons. The van der Waals surface area contributed by atoms with E-state index in [0.717, 1.165) is 24.3 Å². The first-order chi connectivity index (χ1) is 11.6. The van der Waals surface area contributed by atoms with Gasteiger partial charge in [0.25, 0.3) is 0 Å². The maximum absolute atomic E-state index is 12.3. The van der Waals surface area contributed by atoms with Crippen LogP contribution in [0.4, 0.5) is 10.5 Å². The van der Waals surface area contributed by atoms with Crippen molar-refractivity contribution in [3.05, 3.63) is 41.5 Å². The van der Waals surface area contributed by atoms with Crippen LogP contribution in [0.2, 0.25) is 0 Å². The summed E-state index contributed by atoms with van der Waals surface area (Å²) in [6, 6.07) is 7.72. The molecule has 3 rings (SSSR count). The normalized spacial score (nSPS) is 14.9. The monoisotopic (exact) mass is 366 g/mol. The van der Waals surface area contributed by atoms with Gasteiger partial charge in [0.05, 0.1) is 13.1 Å². The molecule has 0 saturated carbocycles. The number of aryl methyl sites for hydroxylation is 1. The lowest BCUT2D eigenvalue weighted by Crippen LogP contribution is -2.49. The number of nitrogens with two attached hydrogens (primary N) is 1. The number of nitrogens with one attached hydrogen (secondary N) is 1. The van der Waals surface area contributed by atoms with Crippen LogP contribution >= 0.6 is 12.4 Å². The molecule has 1 aliphatic rings. The zero-order valence-electron chi connectivity index (χ0n) is 14.1. The molecule has 8 nitrogen and oxygen atoms in total. The Morgan fingerprint density at radius 3 is 2.72 bits per heavy atom. The molecular weight excluding hydrogens is 344 g/mol. The lowest BCUT2D eigenvalue weighted by Gasteiger charge is -2.34. The van der Waals surface area contributed by atoms with Gasteiger partial charge in [-0.1, -0.05) is 17.3 Å². The van der Waals surface area contributed by atoms with Gasteiger partial charge in [-0.05, 0) is 24.6 Å². The second kappa shape index (κ2) is 8.80. The van der Waals surface area contributed by atoms with Crippen LogP contribution < -0.4 is 11.1 Å². The largest absolute Gasteiger partial charge is 0.338 e. The minimum absolute atomic E-state index is 0. The smallest absolute Gasteiger partial charge is 0.321 e. The van der Waals surface area contributed by atoms with Crippen molar-refractivity contribution in [2.75, 3.05) is 31.5 Å². The van der Waals surface area contributed by atoms with Gasteiger partial charge in [-0.3, -0.25) is 4.90 Å². The van der Waals surface area contributed by atoms with Gasteiger partial charge >= 0.3 is 6.03 Å². The Bertz CT molecular complexity index is 699. The van der Waals surface area contributed by atoms with Gasteiger partial charge in [-0.25, -0.2) is 4.79 Å². The van der Waals surface area contributed by atoms with Gasteiger partial charge in [0.2, 0.25) is 5.89 Å². The SMILES string of the molecule is Cc1cccc(NC(=O)N2CCN(Cc3noc(CN)n3)CC2)c1.Cl. The fourth-order valence-corrected chi connectivity index (χ4v) is 2.67. The topological polar surface area (TPSA) is 101 Å². The Morgan fingerprint density at radius 2 is 2.08 bits per heavy atom. The molecule has 0 spiro atoms. The molecule has 1 saturated heterocycles. The molecule has 1 aromatic carbocycles. The summed E-state index contributed by atoms with van der Waals surface area (Å²) in [6.45, 7) is 5.74. The van der Waals surface area contributed by atoms with Crippen molar-refractivity contribution < 1.29 is 9.32 Å². The van der Waals surface area contributed by atoms with Crippen molar-refractivity contribution in [3.63, 3.8) is 0 Å². The summed E-state index contributed by atoms with van der Waals surface area (Å²) >= 11 is 0. The number of carbonyl (C=O) groups excluding carboxylic acids is 1. The van der Waals surface area contributed by atoms with Crippen molar-refractivity contribution in [2.24, 2.45) is 5.73 Å². The van der Waals surface area contributed by atoms with E-state index in [4.69, 9.17) is 10.3 Å². The van der Waals surface area contributed by atoms with Crippen molar-refractivity contribution in [2.45, 2.75) is 20.0 Å². The molecule has 1 fully saturated rings. The second-order valence-corrected chi connectivity index (χ2v) is 5.87. The van der Waals surface area contributed by atoms with Crippen LogP contribution in [0.15, 0.2) is 28.8 Å². The summed E-state index contributed by atoms with van der Waals surface area (Å²) in [5.41, 5.74) is 7.40. The van der Waals surface area contributed by atoms with Crippen LogP contribution in [-0.4, -0.2) is 52.2 Å². The minimum Gasteiger partial charge on any atom is -0.338 e. The Hall–Kier alpha value is -2.16. The highest BCUT2D eigenvalue weighted by Gasteiger charge is 2.22. The zero-order valence-corrected chi connectivity index (χ0v) is 15.0. The van der Waals surface area contributed by atoms with Crippen LogP contribution in [0.5, 0.6) is 0 Å². The third-order valence-electron chi connectivity index (χ3n) is 3.98. The summed E-state index contributed by atoms with van der Waals surface area (Å²) in [7, 11) is 0. The average Bonchev–Trinajstić information content (AvgIpc) is 3.03. The van der Waals surface area contributed by atoms with Crippen LogP contribution in [0.1, 0.15) is 17.3 Å². The van der Waals surface area contributed by atoms with Crippen molar-refractivity contribution >= 4 is 24.1 Å². The summed E-state index contributed by atoms with van der Waals surface area (Å²) < 4.78 is 5.00. The number of hydrogen-bond acceptors (Lipinski definition) is 6. The van der Waals surface area contributed by atoms with Gasteiger partial charge in [-0.2, -0.15) is 4.98 Å². The molecule has 1 aliphatic heterocycles. The Kier molecular flexibility index (Phi) is 6.74. The van der Waals surface area contributed by atoms with Crippen molar-refractivity contribution in [1.29, 1.82) is 0 Å². The average molecular weight is 367 g/mol. The second-order valence-electron chi connectivity index (χ2n) is 5.87. The van der Waals surface area contributed by atoms with E-state index in [-0.39, 0.29) is 25.0 Å². The Balaban J connectivity index is 0.00000225. The molecule has 9 heteroatoms. The number of urea groups is 1. The maximum atomic E-state index is 12.3. The van der Waals surface area contributed by atoms with E-state index >= 15 is 0 Å². The molecular formula is C16H23ClN6O2. The first-order valence-corrected chi connectivity index (χ1v) is 8.00. The van der Waals surface area contributed by atoms with E-state index in [1.165, 1.54) is 0 Å².